The zero-order valence-corrected chi connectivity index (χ0v) is 81.9. The van der Waals surface area contributed by atoms with Gasteiger partial charge in [-0.3, -0.25) is 67.2 Å². The van der Waals surface area contributed by atoms with Crippen LogP contribution in [-0.4, -0.2) is 335 Å². The molecular formula is C97H152N9O28S+. The SMILES string of the molecule is CC[C@H](C)[C@H](CC(=O)[C@H]1CCCC[N+]1(C)Cc1ccc(CC(=O)[C@H](CCC(=O)O)NC(=O)[C@@H](CC(=O)[C@H](CCCCNC(=O)CCOCCOCCOCCOCCOCCOCCOCCOCCOCCOCCOCCOC)NC(=O)[C@H](CN)N2C(=O)C=CC2=O)C(C)C)cc1)C(=O)N(C)[C@H](C[C@@H](OC(C)=O)c1nc(C(=O)N[C@@H](Cc2ccccc2)C[C@H](C)C(=O)O)cs1)C(C)C. The minimum Gasteiger partial charge on any atom is -0.481 e. The molecule has 2 aromatic carbocycles. The van der Waals surface area contributed by atoms with Crippen LogP contribution in [0.15, 0.2) is 72.1 Å². The van der Waals surface area contributed by atoms with E-state index in [0.29, 0.717) is 191 Å². The second-order valence-electron chi connectivity index (χ2n) is 35.0. The van der Waals surface area contributed by atoms with Crippen LogP contribution in [0.3, 0.4) is 0 Å². The number of ketones is 3. The first kappa shape index (κ1) is 117. The number of hydrogen-bond acceptors (Lipinski definition) is 29. The maximum absolute atomic E-state index is 15.1. The van der Waals surface area contributed by atoms with E-state index < -0.39 is 144 Å². The van der Waals surface area contributed by atoms with E-state index in [2.05, 4.69) is 26.3 Å². The fourth-order valence-corrected chi connectivity index (χ4v) is 16.7. The average Bonchev–Trinajstić information content (AvgIpc) is 1.13. The number of nitrogens with one attached hydrogen (secondary N) is 4. The number of likely N-dealkylation sites (N-methyl/N-ethyl adjacent to an activating group) is 1. The molecule has 3 aromatic rings. The molecule has 38 heteroatoms. The molecule has 0 spiro atoms. The van der Waals surface area contributed by atoms with Crippen molar-refractivity contribution in [2.45, 2.75) is 207 Å². The van der Waals surface area contributed by atoms with E-state index in [4.69, 9.17) is 67.3 Å². The molecule has 0 radical (unpaired) electrons. The lowest BCUT2D eigenvalue weighted by Crippen LogP contribution is -2.58. The second kappa shape index (κ2) is 66.6. The number of nitrogens with two attached hydrogens (primary N) is 1. The third-order valence-corrected chi connectivity index (χ3v) is 24.8. The number of aromatic nitrogens is 1. The van der Waals surface area contributed by atoms with Gasteiger partial charge in [-0.2, -0.15) is 0 Å². The molecule has 0 bridgehead atoms. The molecule has 1 unspecified atom stereocenters. The number of esters is 1. The van der Waals surface area contributed by atoms with Crippen molar-refractivity contribution in [3.05, 3.63) is 99.5 Å². The van der Waals surface area contributed by atoms with Gasteiger partial charge in [0.25, 0.3) is 17.7 Å². The molecule has 1 aromatic heterocycles. The molecule has 2 aliphatic heterocycles. The van der Waals surface area contributed by atoms with E-state index in [-0.39, 0.29) is 113 Å². The highest BCUT2D eigenvalue weighted by Gasteiger charge is 2.45. The number of unbranched alkanes of at least 4 members (excludes halogenated alkanes) is 1. The van der Waals surface area contributed by atoms with Crippen molar-refractivity contribution in [1.82, 2.24) is 36.1 Å². The summed E-state index contributed by atoms with van der Waals surface area (Å²) in [5.41, 5.74) is 8.37. The summed E-state index contributed by atoms with van der Waals surface area (Å²) in [5, 5.41) is 32.7. The first-order valence-corrected chi connectivity index (χ1v) is 48.3. The van der Waals surface area contributed by atoms with Gasteiger partial charge >= 0.3 is 17.9 Å². The standard InChI is InChI=1S/C97H151N9O28S/c1-12-69(6)77(96(119)104(9)81(68(4)5)63-87(134-71(8)107)95-103-80(66-135-95)93(117)100-75(58-70(7)97(120)121)59-72-20-14-13-15-21-72)62-86(110)83-23-17-19-34-106(83,10)65-74-26-24-73(25-27-74)60-84(108)79(28-31-91(114)115)101-92(116)76(67(2)3)61-85(109)78(102-94(118)82(64-98)105-89(112)29-30-90(105)113)22-16-18-33-99-88(111)32-35-123-38-39-125-42-43-127-46-47-129-50-51-131-54-55-133-57-56-132-53-52-130-49-48-128-45-44-126-41-40-124-37-36-122-11/h13-15,20-21,24-27,29-30,66-70,75-79,81-83,87H,12,16-19,22-23,28,31-65,98H2,1-11H3,(H5-,99,100,101,102,111,114,115,116,117,118,120,121)/p+1/t69-,70-,75+,76-,77-,78-,79-,81+,82-,83+,87+,106?/m0/s1. The van der Waals surface area contributed by atoms with Crippen LogP contribution in [0.5, 0.6) is 0 Å². The highest BCUT2D eigenvalue weighted by Crippen LogP contribution is 2.36. The van der Waals surface area contributed by atoms with Crippen LogP contribution in [0.2, 0.25) is 0 Å². The molecule has 1 saturated heterocycles. The minimum absolute atomic E-state index is 0.00394. The third-order valence-electron chi connectivity index (χ3n) is 23.8. The maximum atomic E-state index is 15.1. The largest absolute Gasteiger partial charge is 0.481 e. The van der Waals surface area contributed by atoms with E-state index >= 15 is 9.59 Å². The lowest BCUT2D eigenvalue weighted by Gasteiger charge is -2.44. The Labute approximate surface area is 799 Å². The number of imide groups is 1. The summed E-state index contributed by atoms with van der Waals surface area (Å²) in [6.45, 7) is 24.5. The van der Waals surface area contributed by atoms with Gasteiger partial charge in [-0.15, -0.1) is 11.3 Å². The monoisotopic (exact) mass is 1920 g/mol. The number of likely N-dealkylation sites (tertiary alicyclic amines) is 1. The van der Waals surface area contributed by atoms with Crippen LogP contribution in [-0.2, 0) is 139 Å². The first-order chi connectivity index (χ1) is 64.8. The van der Waals surface area contributed by atoms with E-state index in [1.165, 1.54) is 6.92 Å². The van der Waals surface area contributed by atoms with Crippen molar-refractivity contribution in [3.63, 3.8) is 0 Å². The van der Waals surface area contributed by atoms with Crippen LogP contribution < -0.4 is 27.0 Å². The lowest BCUT2D eigenvalue weighted by molar-refractivity contribution is -0.941. The van der Waals surface area contributed by atoms with E-state index in [1.54, 1.807) is 57.3 Å². The molecule has 8 N–H and O–H groups in total. The first-order valence-electron chi connectivity index (χ1n) is 47.5. The summed E-state index contributed by atoms with van der Waals surface area (Å²) in [5.74, 6) is -11.6. The number of carbonyl (C=O) groups is 13. The predicted molar refractivity (Wildman–Crippen MR) is 500 cm³/mol. The van der Waals surface area contributed by atoms with Gasteiger partial charge in [0.1, 0.15) is 29.3 Å². The quantitative estimate of drug-likeness (QED) is 0.0132. The normalized spacial score (nSPS) is 16.7. The van der Waals surface area contributed by atoms with Crippen molar-refractivity contribution < 1.29 is 139 Å². The number of ether oxygens (including phenoxy) is 13. The van der Waals surface area contributed by atoms with Gasteiger partial charge in [0.05, 0.1) is 184 Å². The van der Waals surface area contributed by atoms with Gasteiger partial charge in [-0.1, -0.05) is 109 Å². The molecule has 135 heavy (non-hydrogen) atoms. The number of quaternary nitrogens is 1. The predicted octanol–water partition coefficient (Wildman–Crippen LogP) is 6.83. The number of piperidine rings is 1. The Morgan fingerprint density at radius 1 is 0.593 bits per heavy atom. The molecule has 2 aliphatic rings. The number of amides is 7. The number of thiazole rings is 1. The topological polar surface area (TPSA) is 476 Å². The second-order valence-corrected chi connectivity index (χ2v) is 35.9. The number of carbonyl (C=O) groups excluding carboxylic acids is 11. The fourth-order valence-electron chi connectivity index (χ4n) is 15.9. The number of carboxylic acid groups (broad SMARTS) is 2. The van der Waals surface area contributed by atoms with E-state index in [1.807, 2.05) is 77.2 Å². The summed E-state index contributed by atoms with van der Waals surface area (Å²) in [4.78, 5) is 184. The summed E-state index contributed by atoms with van der Waals surface area (Å²) in [6, 6.07) is 11.1. The number of methoxy groups -OCH3 is 1. The minimum atomic E-state index is -1.48. The fraction of sp³-hybridized carbons (Fsp3) is 0.691. The van der Waals surface area contributed by atoms with Gasteiger partial charge in [0.2, 0.25) is 23.6 Å². The summed E-state index contributed by atoms with van der Waals surface area (Å²) in [7, 11) is 5.37. The van der Waals surface area contributed by atoms with Crippen LogP contribution in [0.4, 0.5) is 0 Å². The Morgan fingerprint density at radius 3 is 1.59 bits per heavy atom. The number of benzene rings is 2. The average molecular weight is 1920 g/mol. The molecule has 1 fully saturated rings. The highest BCUT2D eigenvalue weighted by molar-refractivity contribution is 7.09. The molecular weight excluding hydrogens is 1770 g/mol. The molecule has 5 rings (SSSR count). The third kappa shape index (κ3) is 45.5. The molecule has 0 saturated carbocycles. The molecule has 0 aliphatic carbocycles. The van der Waals surface area contributed by atoms with Crippen molar-refractivity contribution >= 4 is 87.9 Å². The Morgan fingerprint density at radius 2 is 1.10 bits per heavy atom. The Hall–Kier alpha value is -8.84. The number of carboxylic acids is 2. The zero-order chi connectivity index (χ0) is 98.9. The number of aliphatic carboxylic acids is 2. The van der Waals surface area contributed by atoms with Crippen molar-refractivity contribution in [2.24, 2.45) is 41.2 Å². The molecule has 12 atom stereocenters. The van der Waals surface area contributed by atoms with Crippen LogP contribution in [0.25, 0.3) is 0 Å². The Kier molecular flexibility index (Phi) is 57.6. The van der Waals surface area contributed by atoms with Crippen molar-refractivity contribution in [1.29, 1.82) is 0 Å². The van der Waals surface area contributed by atoms with Crippen LogP contribution in [0.1, 0.15) is 184 Å². The van der Waals surface area contributed by atoms with Gasteiger partial charge in [0, 0.05) is 126 Å². The molecule has 7 amide bonds. The molecule has 3 heterocycles. The highest BCUT2D eigenvalue weighted by atomic mass is 32.1. The molecule has 758 valence electrons. The van der Waals surface area contributed by atoms with E-state index in [0.717, 1.165) is 47.5 Å². The zero-order valence-electron chi connectivity index (χ0n) is 81.1. The van der Waals surface area contributed by atoms with Crippen LogP contribution >= 0.6 is 11.3 Å². The number of nitrogens with zero attached hydrogens (tertiary/aromatic N) is 4. The number of rotatable bonds is 78. The van der Waals surface area contributed by atoms with Crippen molar-refractivity contribution in [2.75, 3.05) is 193 Å². The van der Waals surface area contributed by atoms with Gasteiger partial charge in [-0.25, -0.2) is 4.98 Å². The smallest absolute Gasteiger partial charge is 0.306 e. The number of Topliss-reactive ketones (excluding diaryl/α,β-unsaturated/α-hetero) is 3. The Bertz CT molecular complexity index is 4050. The summed E-state index contributed by atoms with van der Waals surface area (Å²) in [6.07, 6.45) is 3.78. The van der Waals surface area contributed by atoms with Gasteiger partial charge < -0.3 is 108 Å². The summed E-state index contributed by atoms with van der Waals surface area (Å²) < 4.78 is 71.7. The maximum Gasteiger partial charge on any atom is 0.306 e. The van der Waals surface area contributed by atoms with E-state index in [9.17, 15) is 63.0 Å². The molecule has 37 nitrogen and oxygen atoms in total. The lowest BCUT2D eigenvalue weighted by atomic mass is 9.82. The van der Waals surface area contributed by atoms with Gasteiger partial charge in [-0.05, 0) is 80.2 Å². The van der Waals surface area contributed by atoms with Crippen molar-refractivity contribution in [3.8, 4) is 0 Å². The van der Waals surface area contributed by atoms with Crippen LogP contribution in [0, 0.1) is 35.5 Å². The van der Waals surface area contributed by atoms with Gasteiger partial charge in [0.15, 0.2) is 23.5 Å². The summed E-state index contributed by atoms with van der Waals surface area (Å²) >= 11 is 1.13. The number of hydrogen-bond donors (Lipinski definition) is 7. The Balaban J connectivity index is 1.07.